The number of nitrogens with zero attached hydrogens (tertiary/aromatic N) is 1. The van der Waals surface area contributed by atoms with E-state index in [0.29, 0.717) is 5.92 Å². The number of ether oxygens (including phenoxy) is 1. The van der Waals surface area contributed by atoms with Gasteiger partial charge in [0.15, 0.2) is 0 Å². The molecule has 1 aliphatic heterocycles. The number of hydrogen-bond donors (Lipinski definition) is 1. The molecule has 1 N–H and O–H groups in total. The van der Waals surface area contributed by atoms with Crippen molar-refractivity contribution < 1.29 is 4.74 Å². The maximum Gasteiger partial charge on any atom is 0.119 e. The molecule has 0 spiro atoms. The maximum absolute atomic E-state index is 5.34. The molecule has 1 fully saturated rings. The van der Waals surface area contributed by atoms with Crippen molar-refractivity contribution in [3.05, 3.63) is 42.4 Å². The van der Waals surface area contributed by atoms with Crippen molar-refractivity contribution in [1.82, 2.24) is 10.3 Å². The Morgan fingerprint density at radius 3 is 3.10 bits per heavy atom. The number of fused-ring (bicyclic) bond motifs is 1. The molecule has 0 amide bonds. The van der Waals surface area contributed by atoms with Crippen LogP contribution in [0.5, 0.6) is 5.75 Å². The van der Waals surface area contributed by atoms with E-state index < -0.39 is 0 Å². The molecule has 1 aliphatic rings. The summed E-state index contributed by atoms with van der Waals surface area (Å²) in [6.07, 6.45) is 8.05. The summed E-state index contributed by atoms with van der Waals surface area (Å²) in [7, 11) is 1.71. The van der Waals surface area contributed by atoms with Gasteiger partial charge in [-0.3, -0.25) is 4.98 Å². The number of rotatable bonds is 3. The fraction of sp³-hybridized carbons (Fsp3) is 0.412. The highest BCUT2D eigenvalue weighted by atomic mass is 16.5. The normalized spacial score (nSPS) is 19.8. The smallest absolute Gasteiger partial charge is 0.119 e. The van der Waals surface area contributed by atoms with Crippen molar-refractivity contribution in [2.45, 2.75) is 19.3 Å². The van der Waals surface area contributed by atoms with Gasteiger partial charge in [0.2, 0.25) is 0 Å². The lowest BCUT2D eigenvalue weighted by atomic mass is 9.91. The molecule has 3 nitrogen and oxygen atoms in total. The van der Waals surface area contributed by atoms with Crippen LogP contribution in [0, 0.1) is 12.3 Å². The van der Waals surface area contributed by atoms with E-state index in [1.807, 2.05) is 18.3 Å². The third-order valence-corrected chi connectivity index (χ3v) is 4.02. The fourth-order valence-electron chi connectivity index (χ4n) is 2.89. The Bertz CT molecular complexity index is 574. The van der Waals surface area contributed by atoms with Crippen LogP contribution in [0.4, 0.5) is 0 Å². The number of hydrogen-bond acceptors (Lipinski definition) is 3. The van der Waals surface area contributed by atoms with E-state index >= 15 is 0 Å². The number of methoxy groups -OCH3 is 1. The molecule has 105 valence electrons. The summed E-state index contributed by atoms with van der Waals surface area (Å²) < 4.78 is 5.34. The molecule has 3 heteroatoms. The Morgan fingerprint density at radius 2 is 2.20 bits per heavy atom. The summed E-state index contributed by atoms with van der Waals surface area (Å²) in [5.74, 6) is 1.55. The first-order valence-corrected chi connectivity index (χ1v) is 7.35. The standard InChI is InChI=1S/C17H21N2O/c1-20-15-4-5-17-16(12-15)14(7-10-19-17)11-13-3-2-8-18-9-6-13/h4-5,7,10-13,18H,2-3,6,8-9H2,1H3. The minimum atomic E-state index is 0.654. The minimum absolute atomic E-state index is 0.654. The molecule has 20 heavy (non-hydrogen) atoms. The first-order chi connectivity index (χ1) is 9.86. The van der Waals surface area contributed by atoms with E-state index in [2.05, 4.69) is 28.9 Å². The van der Waals surface area contributed by atoms with Gasteiger partial charge in [-0.2, -0.15) is 0 Å². The van der Waals surface area contributed by atoms with Crippen LogP contribution >= 0.6 is 0 Å². The van der Waals surface area contributed by atoms with E-state index in [1.165, 1.54) is 30.2 Å². The van der Waals surface area contributed by atoms with Crippen LogP contribution in [-0.4, -0.2) is 25.2 Å². The summed E-state index contributed by atoms with van der Waals surface area (Å²) in [5, 5.41) is 4.65. The van der Waals surface area contributed by atoms with Gasteiger partial charge in [0.05, 0.1) is 12.6 Å². The summed E-state index contributed by atoms with van der Waals surface area (Å²) in [6.45, 7) is 2.27. The first-order valence-electron chi connectivity index (χ1n) is 7.35. The van der Waals surface area contributed by atoms with E-state index in [4.69, 9.17) is 4.74 Å². The SMILES string of the molecule is COc1ccc2nccc([CH]C3CCCNCC3)c2c1. The highest BCUT2D eigenvalue weighted by Crippen LogP contribution is 2.28. The molecule has 1 aromatic carbocycles. The molecule has 1 unspecified atom stereocenters. The first kappa shape index (κ1) is 13.4. The summed E-state index contributed by atoms with van der Waals surface area (Å²) >= 11 is 0. The molecular weight excluding hydrogens is 248 g/mol. The molecule has 0 aliphatic carbocycles. The topological polar surface area (TPSA) is 34.1 Å². The number of pyridine rings is 1. The van der Waals surface area contributed by atoms with Crippen LogP contribution in [0.25, 0.3) is 10.9 Å². The molecule has 1 aromatic heterocycles. The molecule has 0 bridgehead atoms. The highest BCUT2D eigenvalue weighted by molar-refractivity contribution is 5.84. The Balaban J connectivity index is 1.89. The molecule has 1 saturated heterocycles. The minimum Gasteiger partial charge on any atom is -0.497 e. The van der Waals surface area contributed by atoms with Crippen LogP contribution < -0.4 is 10.1 Å². The van der Waals surface area contributed by atoms with Gasteiger partial charge in [-0.25, -0.2) is 0 Å². The largest absolute Gasteiger partial charge is 0.497 e. The Kier molecular flexibility index (Phi) is 4.16. The second kappa shape index (κ2) is 6.23. The van der Waals surface area contributed by atoms with Crippen molar-refractivity contribution in [2.75, 3.05) is 20.2 Å². The zero-order valence-corrected chi connectivity index (χ0v) is 11.9. The van der Waals surface area contributed by atoms with Crippen LogP contribution in [0.1, 0.15) is 24.8 Å². The monoisotopic (exact) mass is 269 g/mol. The predicted octanol–water partition coefficient (Wildman–Crippen LogP) is 3.19. The van der Waals surface area contributed by atoms with Crippen LogP contribution in [0.3, 0.4) is 0 Å². The second-order valence-electron chi connectivity index (χ2n) is 5.39. The van der Waals surface area contributed by atoms with Gasteiger partial charge in [-0.15, -0.1) is 0 Å². The zero-order valence-electron chi connectivity index (χ0n) is 11.9. The van der Waals surface area contributed by atoms with Crippen LogP contribution in [0.15, 0.2) is 30.5 Å². The van der Waals surface area contributed by atoms with E-state index in [-0.39, 0.29) is 0 Å². The summed E-state index contributed by atoms with van der Waals surface area (Å²) in [4.78, 5) is 4.44. The molecule has 2 heterocycles. The van der Waals surface area contributed by atoms with Gasteiger partial charge in [-0.05, 0) is 74.5 Å². The Labute approximate surface area is 120 Å². The van der Waals surface area contributed by atoms with E-state index in [9.17, 15) is 0 Å². The second-order valence-corrected chi connectivity index (χ2v) is 5.39. The van der Waals surface area contributed by atoms with Gasteiger partial charge in [0.25, 0.3) is 0 Å². The van der Waals surface area contributed by atoms with Crippen LogP contribution in [0.2, 0.25) is 0 Å². The summed E-state index contributed by atoms with van der Waals surface area (Å²) in [5.41, 5.74) is 2.31. The number of nitrogens with one attached hydrogen (secondary N) is 1. The number of aromatic nitrogens is 1. The third-order valence-electron chi connectivity index (χ3n) is 4.02. The Hall–Kier alpha value is -1.61. The average Bonchev–Trinajstić information content (AvgIpc) is 2.76. The Morgan fingerprint density at radius 1 is 1.25 bits per heavy atom. The van der Waals surface area contributed by atoms with E-state index in [1.54, 1.807) is 7.11 Å². The van der Waals surface area contributed by atoms with Crippen molar-refractivity contribution in [1.29, 1.82) is 0 Å². The van der Waals surface area contributed by atoms with Crippen molar-refractivity contribution in [3.8, 4) is 5.75 Å². The van der Waals surface area contributed by atoms with Gasteiger partial charge >= 0.3 is 0 Å². The van der Waals surface area contributed by atoms with Gasteiger partial charge in [-0.1, -0.05) is 0 Å². The molecule has 1 atom stereocenters. The molecule has 2 aromatic rings. The van der Waals surface area contributed by atoms with Gasteiger partial charge in [0.1, 0.15) is 5.75 Å². The van der Waals surface area contributed by atoms with Crippen molar-refractivity contribution in [2.24, 2.45) is 5.92 Å². The van der Waals surface area contributed by atoms with E-state index in [0.717, 1.165) is 24.4 Å². The van der Waals surface area contributed by atoms with Gasteiger partial charge in [0, 0.05) is 11.6 Å². The quantitative estimate of drug-likeness (QED) is 0.929. The lowest BCUT2D eigenvalue weighted by Crippen LogP contribution is -2.14. The molecule has 0 saturated carbocycles. The lowest BCUT2D eigenvalue weighted by Gasteiger charge is -2.15. The average molecular weight is 269 g/mol. The molecule has 1 radical (unpaired) electrons. The number of benzene rings is 1. The van der Waals surface area contributed by atoms with Gasteiger partial charge < -0.3 is 10.1 Å². The summed E-state index contributed by atoms with van der Waals surface area (Å²) in [6, 6.07) is 8.19. The zero-order chi connectivity index (χ0) is 13.8. The van der Waals surface area contributed by atoms with Crippen molar-refractivity contribution >= 4 is 10.9 Å². The molecular formula is C17H21N2O. The third kappa shape index (κ3) is 2.93. The molecule has 3 rings (SSSR count). The maximum atomic E-state index is 5.34. The fourth-order valence-corrected chi connectivity index (χ4v) is 2.89. The highest BCUT2D eigenvalue weighted by Gasteiger charge is 2.14. The predicted molar refractivity (Wildman–Crippen MR) is 81.9 cm³/mol. The van der Waals surface area contributed by atoms with Crippen LogP contribution in [-0.2, 0) is 0 Å². The lowest BCUT2D eigenvalue weighted by molar-refractivity contribution is 0.415. The van der Waals surface area contributed by atoms with Crippen molar-refractivity contribution in [3.63, 3.8) is 0 Å².